The average Bonchev–Trinajstić information content (AvgIpc) is 3.15. The number of hydrogen-bond donors (Lipinski definition) is 1. The van der Waals surface area contributed by atoms with E-state index in [9.17, 15) is 0 Å². The molecule has 0 spiro atoms. The molecule has 2 aliphatic carbocycles. The molecule has 0 saturated heterocycles. The first-order valence-electron chi connectivity index (χ1n) is 8.06. The molecule has 1 aromatic carbocycles. The van der Waals surface area contributed by atoms with Gasteiger partial charge in [0, 0.05) is 30.2 Å². The van der Waals surface area contributed by atoms with Crippen molar-refractivity contribution in [3.8, 4) is 0 Å². The van der Waals surface area contributed by atoms with Crippen molar-refractivity contribution in [1.82, 2.24) is 9.88 Å². The van der Waals surface area contributed by atoms with Crippen LogP contribution in [0.1, 0.15) is 31.2 Å². The maximum absolute atomic E-state index is 3.30. The van der Waals surface area contributed by atoms with Gasteiger partial charge in [-0.25, -0.2) is 0 Å². The second-order valence-corrected chi connectivity index (χ2v) is 6.79. The molecule has 3 unspecified atom stereocenters. The highest BCUT2D eigenvalue weighted by molar-refractivity contribution is 5.83. The van der Waals surface area contributed by atoms with Gasteiger partial charge in [-0.05, 0) is 55.7 Å². The summed E-state index contributed by atoms with van der Waals surface area (Å²) in [7, 11) is 2.03. The number of hydrogen-bond acceptors (Lipinski definition) is 1. The van der Waals surface area contributed by atoms with Crippen molar-refractivity contribution in [2.24, 2.45) is 17.8 Å². The predicted molar refractivity (Wildman–Crippen MR) is 83.6 cm³/mol. The van der Waals surface area contributed by atoms with Crippen LogP contribution in [0.15, 0.2) is 30.5 Å². The molecule has 1 aromatic heterocycles. The second kappa shape index (κ2) is 4.92. The molecule has 106 valence electrons. The number of benzene rings is 1. The number of para-hydroxylation sites is 1. The van der Waals surface area contributed by atoms with E-state index < -0.39 is 0 Å². The van der Waals surface area contributed by atoms with Crippen molar-refractivity contribution in [1.29, 1.82) is 0 Å². The molecule has 0 aliphatic heterocycles. The zero-order valence-corrected chi connectivity index (χ0v) is 12.3. The van der Waals surface area contributed by atoms with E-state index >= 15 is 0 Å². The van der Waals surface area contributed by atoms with Crippen molar-refractivity contribution in [2.45, 2.75) is 38.8 Å². The third-order valence-corrected chi connectivity index (χ3v) is 5.55. The smallest absolute Gasteiger partial charge is 0.0483 e. The Morgan fingerprint density at radius 2 is 2.10 bits per heavy atom. The summed E-state index contributed by atoms with van der Waals surface area (Å²) in [5.74, 6) is 2.98. The van der Waals surface area contributed by atoms with Gasteiger partial charge < -0.3 is 9.88 Å². The minimum Gasteiger partial charge on any atom is -0.347 e. The van der Waals surface area contributed by atoms with E-state index in [4.69, 9.17) is 0 Å². The molecule has 2 heteroatoms. The van der Waals surface area contributed by atoms with Crippen molar-refractivity contribution in [3.63, 3.8) is 0 Å². The van der Waals surface area contributed by atoms with Gasteiger partial charge in [0.05, 0.1) is 0 Å². The fourth-order valence-electron chi connectivity index (χ4n) is 4.66. The second-order valence-electron chi connectivity index (χ2n) is 6.79. The van der Waals surface area contributed by atoms with Gasteiger partial charge in [0.25, 0.3) is 0 Å². The van der Waals surface area contributed by atoms with E-state index in [1.807, 2.05) is 7.05 Å². The Hall–Kier alpha value is -1.28. The van der Waals surface area contributed by atoms with Gasteiger partial charge in [-0.3, -0.25) is 0 Å². The molecule has 4 rings (SSSR count). The lowest BCUT2D eigenvalue weighted by atomic mass is 9.89. The highest BCUT2D eigenvalue weighted by Gasteiger charge is 2.39. The van der Waals surface area contributed by atoms with Crippen LogP contribution in [-0.4, -0.2) is 11.6 Å². The van der Waals surface area contributed by atoms with Gasteiger partial charge in [0.1, 0.15) is 0 Å². The molecular formula is C18H24N2. The lowest BCUT2D eigenvalue weighted by Gasteiger charge is -2.22. The van der Waals surface area contributed by atoms with Crippen molar-refractivity contribution >= 4 is 10.9 Å². The molecule has 1 N–H and O–H groups in total. The van der Waals surface area contributed by atoms with Gasteiger partial charge in [-0.2, -0.15) is 0 Å². The average molecular weight is 268 g/mol. The maximum Gasteiger partial charge on any atom is 0.0483 e. The minimum atomic E-state index is 0.923. The summed E-state index contributed by atoms with van der Waals surface area (Å²) in [5, 5.41) is 4.72. The van der Waals surface area contributed by atoms with Gasteiger partial charge in [-0.1, -0.05) is 24.6 Å². The Morgan fingerprint density at radius 1 is 1.20 bits per heavy atom. The summed E-state index contributed by atoms with van der Waals surface area (Å²) in [6.45, 7) is 2.19. The molecule has 1 heterocycles. The van der Waals surface area contributed by atoms with Gasteiger partial charge in [0.2, 0.25) is 0 Å². The fraction of sp³-hybridized carbons (Fsp3) is 0.556. The SMILES string of the molecule is CNCc1cn(CC2CC3CCC2C3)c2ccccc12. The first kappa shape index (κ1) is 12.5. The number of fused-ring (bicyclic) bond motifs is 3. The lowest BCUT2D eigenvalue weighted by molar-refractivity contribution is 0.299. The van der Waals surface area contributed by atoms with Crippen molar-refractivity contribution in [2.75, 3.05) is 7.05 Å². The van der Waals surface area contributed by atoms with Crippen molar-refractivity contribution < 1.29 is 0 Å². The van der Waals surface area contributed by atoms with Gasteiger partial charge in [0.15, 0.2) is 0 Å². The molecule has 3 atom stereocenters. The molecule has 20 heavy (non-hydrogen) atoms. The number of nitrogens with one attached hydrogen (secondary N) is 1. The Morgan fingerprint density at radius 3 is 2.85 bits per heavy atom. The van der Waals surface area contributed by atoms with Crippen LogP contribution < -0.4 is 5.32 Å². The summed E-state index contributed by atoms with van der Waals surface area (Å²) in [6.07, 6.45) is 8.34. The zero-order chi connectivity index (χ0) is 13.5. The molecule has 2 aliphatic rings. The Labute approximate surface area is 121 Å². The molecule has 2 aromatic rings. The number of rotatable bonds is 4. The van der Waals surface area contributed by atoms with Gasteiger partial charge >= 0.3 is 0 Å². The van der Waals surface area contributed by atoms with Crippen LogP contribution in [-0.2, 0) is 13.1 Å². The topological polar surface area (TPSA) is 17.0 Å². The van der Waals surface area contributed by atoms with E-state index in [0.717, 1.165) is 24.3 Å². The maximum atomic E-state index is 3.30. The third-order valence-electron chi connectivity index (χ3n) is 5.55. The molecule has 2 nitrogen and oxygen atoms in total. The van der Waals surface area contributed by atoms with E-state index in [2.05, 4.69) is 40.3 Å². The van der Waals surface area contributed by atoms with Crippen molar-refractivity contribution in [3.05, 3.63) is 36.0 Å². The van der Waals surface area contributed by atoms with E-state index in [1.165, 1.54) is 48.7 Å². The minimum absolute atomic E-state index is 0.923. The standard InChI is InChI=1S/C18H24N2/c1-19-10-16-12-20(18-5-3-2-4-17(16)18)11-15-9-13-6-7-14(15)8-13/h2-5,12-15,19H,6-11H2,1H3. The molecule has 2 bridgehead atoms. The van der Waals surface area contributed by atoms with E-state index in [-0.39, 0.29) is 0 Å². The third kappa shape index (κ3) is 1.98. The van der Waals surface area contributed by atoms with Crippen LogP contribution in [0.2, 0.25) is 0 Å². The zero-order valence-electron chi connectivity index (χ0n) is 12.3. The summed E-state index contributed by atoms with van der Waals surface area (Å²) in [6, 6.07) is 8.87. The van der Waals surface area contributed by atoms with E-state index in [1.54, 1.807) is 0 Å². The van der Waals surface area contributed by atoms with Crippen LogP contribution >= 0.6 is 0 Å². The quantitative estimate of drug-likeness (QED) is 0.892. The van der Waals surface area contributed by atoms with E-state index in [0.29, 0.717) is 0 Å². The molecule has 2 saturated carbocycles. The Bertz CT molecular complexity index is 613. The van der Waals surface area contributed by atoms with Crippen LogP contribution in [0.25, 0.3) is 10.9 Å². The number of aromatic nitrogens is 1. The van der Waals surface area contributed by atoms with Crippen LogP contribution in [0.3, 0.4) is 0 Å². The highest BCUT2D eigenvalue weighted by atomic mass is 15.0. The fourth-order valence-corrected chi connectivity index (χ4v) is 4.66. The molecule has 0 amide bonds. The summed E-state index contributed by atoms with van der Waals surface area (Å²) in [4.78, 5) is 0. The lowest BCUT2D eigenvalue weighted by Crippen LogP contribution is -2.16. The summed E-state index contributed by atoms with van der Waals surface area (Å²) >= 11 is 0. The number of nitrogens with zero attached hydrogens (tertiary/aromatic N) is 1. The molecule has 0 radical (unpaired) electrons. The Kier molecular flexibility index (Phi) is 3.07. The largest absolute Gasteiger partial charge is 0.347 e. The Balaban J connectivity index is 1.65. The summed E-state index contributed by atoms with van der Waals surface area (Å²) in [5.41, 5.74) is 2.85. The molecular weight excluding hydrogens is 244 g/mol. The van der Waals surface area contributed by atoms with Crippen LogP contribution in [0, 0.1) is 17.8 Å². The van der Waals surface area contributed by atoms with Gasteiger partial charge in [-0.15, -0.1) is 0 Å². The van der Waals surface area contributed by atoms with Crippen LogP contribution in [0.4, 0.5) is 0 Å². The predicted octanol–water partition coefficient (Wildman–Crippen LogP) is 3.80. The van der Waals surface area contributed by atoms with Crippen LogP contribution in [0.5, 0.6) is 0 Å². The first-order valence-corrected chi connectivity index (χ1v) is 8.06. The monoisotopic (exact) mass is 268 g/mol. The normalized spacial score (nSPS) is 28.6. The summed E-state index contributed by atoms with van der Waals surface area (Å²) < 4.78 is 2.52. The first-order chi connectivity index (χ1) is 9.85. The highest BCUT2D eigenvalue weighted by Crippen LogP contribution is 2.49. The molecule has 2 fully saturated rings.